The predicted octanol–water partition coefficient (Wildman–Crippen LogP) is 3.59. The molecule has 3 aromatic rings. The van der Waals surface area contributed by atoms with E-state index in [2.05, 4.69) is 21.3 Å². The third kappa shape index (κ3) is 3.98. The van der Waals surface area contributed by atoms with Crippen molar-refractivity contribution in [1.29, 1.82) is 0 Å². The van der Waals surface area contributed by atoms with Crippen LogP contribution in [-0.4, -0.2) is 58.6 Å². The fraction of sp³-hybridized carbons (Fsp3) is 0.318. The first-order chi connectivity index (χ1) is 14.6. The number of rotatable bonds is 5. The zero-order chi connectivity index (χ0) is 21.1. The molecule has 1 saturated heterocycles. The van der Waals surface area contributed by atoms with Gasteiger partial charge < -0.3 is 14.5 Å². The first kappa shape index (κ1) is 20.2. The Morgan fingerprint density at radius 1 is 1.07 bits per heavy atom. The van der Waals surface area contributed by atoms with Crippen molar-refractivity contribution < 1.29 is 9.53 Å². The van der Waals surface area contributed by atoms with E-state index in [4.69, 9.17) is 16.3 Å². The van der Waals surface area contributed by atoms with Gasteiger partial charge in [-0.25, -0.2) is 4.68 Å². The number of para-hydroxylation sites is 2. The number of aromatic nitrogens is 3. The van der Waals surface area contributed by atoms with Gasteiger partial charge in [0.25, 0.3) is 5.91 Å². The minimum absolute atomic E-state index is 0.0922. The third-order valence-electron chi connectivity index (χ3n) is 5.24. The number of anilines is 1. The quantitative estimate of drug-likeness (QED) is 0.625. The van der Waals surface area contributed by atoms with Gasteiger partial charge >= 0.3 is 0 Å². The Labute approximate surface area is 180 Å². The number of benzene rings is 2. The van der Waals surface area contributed by atoms with E-state index in [-0.39, 0.29) is 5.91 Å². The Hall–Kier alpha value is -3.06. The van der Waals surface area contributed by atoms with Crippen LogP contribution >= 0.6 is 11.6 Å². The van der Waals surface area contributed by atoms with Gasteiger partial charge in [0.15, 0.2) is 5.69 Å². The second-order valence-corrected chi connectivity index (χ2v) is 7.53. The van der Waals surface area contributed by atoms with Gasteiger partial charge in [-0.3, -0.25) is 4.79 Å². The fourth-order valence-electron chi connectivity index (χ4n) is 3.65. The van der Waals surface area contributed by atoms with Crippen molar-refractivity contribution in [1.82, 2.24) is 19.9 Å². The molecule has 0 spiro atoms. The number of amides is 1. The maximum atomic E-state index is 13.1. The Morgan fingerprint density at radius 2 is 1.77 bits per heavy atom. The molecule has 156 valence electrons. The lowest BCUT2D eigenvalue weighted by Gasteiger charge is -2.36. The summed E-state index contributed by atoms with van der Waals surface area (Å²) in [7, 11) is 0. The molecule has 1 aromatic heterocycles. The Bertz CT molecular complexity index is 1030. The van der Waals surface area contributed by atoms with Crippen molar-refractivity contribution in [3.63, 3.8) is 0 Å². The summed E-state index contributed by atoms with van der Waals surface area (Å²) in [5.74, 6) is 0.784. The highest BCUT2D eigenvalue weighted by molar-refractivity contribution is 6.30. The molecule has 0 bridgehead atoms. The summed E-state index contributed by atoms with van der Waals surface area (Å²) in [5.41, 5.74) is 2.98. The molecular formula is C22H24ClN5O2. The van der Waals surface area contributed by atoms with Crippen molar-refractivity contribution in [3.05, 3.63) is 64.9 Å². The molecule has 7 nitrogen and oxygen atoms in total. The average Bonchev–Trinajstić information content (AvgIpc) is 3.16. The van der Waals surface area contributed by atoms with E-state index >= 15 is 0 Å². The second kappa shape index (κ2) is 8.75. The summed E-state index contributed by atoms with van der Waals surface area (Å²) in [5, 5.41) is 8.99. The van der Waals surface area contributed by atoms with Crippen LogP contribution in [0.25, 0.3) is 5.69 Å². The monoisotopic (exact) mass is 425 g/mol. The van der Waals surface area contributed by atoms with Crippen molar-refractivity contribution in [2.24, 2.45) is 0 Å². The van der Waals surface area contributed by atoms with Crippen LogP contribution in [0.1, 0.15) is 23.1 Å². The van der Waals surface area contributed by atoms with E-state index < -0.39 is 0 Å². The van der Waals surface area contributed by atoms with Gasteiger partial charge in [0.1, 0.15) is 5.75 Å². The number of halogens is 1. The maximum Gasteiger partial charge on any atom is 0.276 e. The molecule has 0 aliphatic carbocycles. The van der Waals surface area contributed by atoms with Crippen LogP contribution < -0.4 is 9.64 Å². The predicted molar refractivity (Wildman–Crippen MR) is 117 cm³/mol. The molecule has 2 heterocycles. The van der Waals surface area contributed by atoms with Crippen LogP contribution in [0.2, 0.25) is 5.02 Å². The fourth-order valence-corrected chi connectivity index (χ4v) is 3.78. The molecule has 1 amide bonds. The molecule has 0 N–H and O–H groups in total. The van der Waals surface area contributed by atoms with Gasteiger partial charge in [-0.05, 0) is 50.2 Å². The van der Waals surface area contributed by atoms with Gasteiger partial charge in [-0.15, -0.1) is 5.10 Å². The number of nitrogens with zero attached hydrogens (tertiary/aromatic N) is 5. The van der Waals surface area contributed by atoms with E-state index in [0.717, 1.165) is 30.2 Å². The largest absolute Gasteiger partial charge is 0.492 e. The highest BCUT2D eigenvalue weighted by Gasteiger charge is 2.27. The van der Waals surface area contributed by atoms with Gasteiger partial charge in [0.2, 0.25) is 0 Å². The van der Waals surface area contributed by atoms with Crippen molar-refractivity contribution >= 4 is 23.2 Å². The van der Waals surface area contributed by atoms with E-state index in [1.807, 2.05) is 49.1 Å². The van der Waals surface area contributed by atoms with E-state index in [1.165, 1.54) is 0 Å². The lowest BCUT2D eigenvalue weighted by molar-refractivity contribution is 0.0740. The standard InChI is InChI=1S/C22H24ClN5O2/c1-3-30-20-7-5-4-6-19(20)26-12-14-27(15-13-26)22(29)21-16(2)28(25-24-21)18-10-8-17(23)9-11-18/h4-11H,3,12-15H2,1-2H3. The topological polar surface area (TPSA) is 63.5 Å². The number of ether oxygens (including phenoxy) is 1. The van der Waals surface area contributed by atoms with E-state index in [0.29, 0.717) is 36.1 Å². The molecular weight excluding hydrogens is 402 g/mol. The molecule has 0 atom stereocenters. The summed E-state index contributed by atoms with van der Waals surface area (Å²) in [6.45, 7) is 7.17. The van der Waals surface area contributed by atoms with E-state index in [1.54, 1.807) is 16.8 Å². The van der Waals surface area contributed by atoms with Gasteiger partial charge in [0, 0.05) is 31.2 Å². The Morgan fingerprint density at radius 3 is 2.47 bits per heavy atom. The van der Waals surface area contributed by atoms with Crippen LogP contribution in [0, 0.1) is 6.92 Å². The molecule has 4 rings (SSSR count). The zero-order valence-corrected chi connectivity index (χ0v) is 17.8. The minimum Gasteiger partial charge on any atom is -0.492 e. The van der Waals surface area contributed by atoms with Crippen molar-refractivity contribution in [3.8, 4) is 11.4 Å². The maximum absolute atomic E-state index is 13.1. The SMILES string of the molecule is CCOc1ccccc1N1CCN(C(=O)c2nnn(-c3ccc(Cl)cc3)c2C)CC1. The lowest BCUT2D eigenvalue weighted by atomic mass is 10.2. The Kier molecular flexibility index (Phi) is 5.90. The van der Waals surface area contributed by atoms with Crippen molar-refractivity contribution in [2.75, 3.05) is 37.7 Å². The summed E-state index contributed by atoms with van der Waals surface area (Å²) in [6.07, 6.45) is 0. The van der Waals surface area contributed by atoms with Crippen LogP contribution in [0.4, 0.5) is 5.69 Å². The third-order valence-corrected chi connectivity index (χ3v) is 5.49. The van der Waals surface area contributed by atoms with Crippen LogP contribution in [0.5, 0.6) is 5.75 Å². The first-order valence-corrected chi connectivity index (χ1v) is 10.4. The molecule has 1 fully saturated rings. The molecule has 8 heteroatoms. The van der Waals surface area contributed by atoms with Gasteiger partial charge in [0.05, 0.1) is 23.7 Å². The molecule has 0 radical (unpaired) electrons. The number of carbonyl (C=O) groups is 1. The smallest absolute Gasteiger partial charge is 0.276 e. The van der Waals surface area contributed by atoms with Crippen LogP contribution in [0.3, 0.4) is 0 Å². The van der Waals surface area contributed by atoms with Crippen LogP contribution in [0.15, 0.2) is 48.5 Å². The zero-order valence-electron chi connectivity index (χ0n) is 17.1. The highest BCUT2D eigenvalue weighted by Crippen LogP contribution is 2.29. The summed E-state index contributed by atoms with van der Waals surface area (Å²) >= 11 is 5.96. The molecule has 30 heavy (non-hydrogen) atoms. The number of hydrogen-bond donors (Lipinski definition) is 0. The van der Waals surface area contributed by atoms with Crippen molar-refractivity contribution in [2.45, 2.75) is 13.8 Å². The number of carbonyl (C=O) groups excluding carboxylic acids is 1. The molecule has 0 saturated carbocycles. The highest BCUT2D eigenvalue weighted by atomic mass is 35.5. The van der Waals surface area contributed by atoms with Crippen LogP contribution in [-0.2, 0) is 0 Å². The van der Waals surface area contributed by atoms with E-state index in [9.17, 15) is 4.79 Å². The molecule has 1 aliphatic rings. The summed E-state index contributed by atoms with van der Waals surface area (Å²) in [4.78, 5) is 17.2. The molecule has 0 unspecified atom stereocenters. The molecule has 1 aliphatic heterocycles. The summed E-state index contributed by atoms with van der Waals surface area (Å²) < 4.78 is 7.42. The minimum atomic E-state index is -0.0922. The number of piperazine rings is 1. The molecule has 2 aromatic carbocycles. The normalized spacial score (nSPS) is 14.1. The second-order valence-electron chi connectivity index (χ2n) is 7.09. The summed E-state index contributed by atoms with van der Waals surface area (Å²) in [6, 6.07) is 15.3. The van der Waals surface area contributed by atoms with Gasteiger partial charge in [-0.1, -0.05) is 28.9 Å². The first-order valence-electron chi connectivity index (χ1n) is 10.0. The van der Waals surface area contributed by atoms with Gasteiger partial charge in [-0.2, -0.15) is 0 Å². The number of hydrogen-bond acceptors (Lipinski definition) is 5. The lowest BCUT2D eigenvalue weighted by Crippen LogP contribution is -2.49. The average molecular weight is 426 g/mol. The Balaban J connectivity index is 1.46.